The van der Waals surface area contributed by atoms with Gasteiger partial charge in [-0.15, -0.1) is 0 Å². The fourth-order valence-electron chi connectivity index (χ4n) is 3.80. The first-order valence-corrected chi connectivity index (χ1v) is 13.8. The molecule has 0 aliphatic rings. The summed E-state index contributed by atoms with van der Waals surface area (Å²) in [6.07, 6.45) is 24.6. The highest BCUT2D eigenvalue weighted by molar-refractivity contribution is 4.52. The molecule has 0 bridgehead atoms. The number of rotatable bonds is 19. The van der Waals surface area contributed by atoms with Crippen LogP contribution in [0.3, 0.4) is 0 Å². The van der Waals surface area contributed by atoms with Crippen LogP contribution in [0.2, 0.25) is 0 Å². The molecule has 0 saturated carbocycles. The van der Waals surface area contributed by atoms with Crippen molar-refractivity contribution in [3.8, 4) is 0 Å². The third-order valence-corrected chi connectivity index (χ3v) is 5.88. The van der Waals surface area contributed by atoms with Gasteiger partial charge in [0.1, 0.15) is 0 Å². The minimum Gasteiger partial charge on any atom is -0.0628 e. The van der Waals surface area contributed by atoms with E-state index in [1.807, 2.05) is 0 Å². The second-order valence-electron chi connectivity index (χ2n) is 11.3. The summed E-state index contributed by atoms with van der Waals surface area (Å²) >= 11 is 0. The summed E-state index contributed by atoms with van der Waals surface area (Å²) in [7, 11) is 0. The highest BCUT2D eigenvalue weighted by Gasteiger charge is 1.97. The van der Waals surface area contributed by atoms with E-state index in [0.717, 1.165) is 23.7 Å². The summed E-state index contributed by atoms with van der Waals surface area (Å²) in [5.74, 6) is 3.60. The largest absolute Gasteiger partial charge is 0.0628 e. The van der Waals surface area contributed by atoms with Gasteiger partial charge in [0.25, 0.3) is 0 Å². The molecule has 0 spiro atoms. The zero-order valence-electron chi connectivity index (χ0n) is 22.3. The molecule has 0 heterocycles. The highest BCUT2D eigenvalue weighted by Crippen LogP contribution is 2.15. The third kappa shape index (κ3) is 35.8. The van der Waals surface area contributed by atoms with Crippen LogP contribution in [0.15, 0.2) is 0 Å². The molecule has 0 aliphatic heterocycles. The van der Waals surface area contributed by atoms with Gasteiger partial charge in [0.15, 0.2) is 0 Å². The van der Waals surface area contributed by atoms with Crippen molar-refractivity contribution >= 4 is 0 Å². The number of unbranched alkanes of at least 4 members (excludes halogenated alkanes) is 11. The van der Waals surface area contributed by atoms with Gasteiger partial charge < -0.3 is 0 Å². The summed E-state index contributed by atoms with van der Waals surface area (Å²) in [5, 5.41) is 0. The lowest BCUT2D eigenvalue weighted by molar-refractivity contribution is 0.490. The summed E-state index contributed by atoms with van der Waals surface area (Å²) < 4.78 is 0. The van der Waals surface area contributed by atoms with Crippen molar-refractivity contribution in [2.75, 3.05) is 0 Å². The molecular weight excluding hydrogens is 348 g/mol. The van der Waals surface area contributed by atoms with Gasteiger partial charge >= 0.3 is 0 Å². The first-order valence-electron chi connectivity index (χ1n) is 13.8. The minimum absolute atomic E-state index is 0.899. The maximum Gasteiger partial charge on any atom is -0.0471 e. The van der Waals surface area contributed by atoms with Crippen LogP contribution in [0.5, 0.6) is 0 Å². The lowest BCUT2D eigenvalue weighted by Crippen LogP contribution is -1.89. The molecule has 0 aromatic heterocycles. The zero-order valence-corrected chi connectivity index (χ0v) is 22.3. The fourth-order valence-corrected chi connectivity index (χ4v) is 3.80. The summed E-state index contributed by atoms with van der Waals surface area (Å²) in [6, 6.07) is 0. The maximum absolute atomic E-state index is 2.33. The Labute approximate surface area is 188 Å². The van der Waals surface area contributed by atoms with Gasteiger partial charge in [-0.3, -0.25) is 0 Å². The maximum atomic E-state index is 2.33. The average Bonchev–Trinajstić information content (AvgIpc) is 2.62. The molecule has 0 aliphatic carbocycles. The monoisotopic (exact) mass is 410 g/mol. The Bertz CT molecular complexity index is 246. The second kappa shape index (κ2) is 24.3. The third-order valence-electron chi connectivity index (χ3n) is 5.88. The second-order valence-corrected chi connectivity index (χ2v) is 11.3. The molecule has 0 aromatic rings. The van der Waals surface area contributed by atoms with Crippen LogP contribution in [0.1, 0.15) is 165 Å². The van der Waals surface area contributed by atoms with E-state index in [1.165, 1.54) is 109 Å². The van der Waals surface area contributed by atoms with E-state index < -0.39 is 0 Å². The molecule has 29 heavy (non-hydrogen) atoms. The quantitative estimate of drug-likeness (QED) is 0.186. The lowest BCUT2D eigenvalue weighted by Gasteiger charge is -2.05. The van der Waals surface area contributed by atoms with Gasteiger partial charge in [-0.25, -0.2) is 0 Å². The number of hydrogen-bond acceptors (Lipinski definition) is 0. The van der Waals surface area contributed by atoms with Crippen LogP contribution in [-0.2, 0) is 0 Å². The Hall–Kier alpha value is 0. The topological polar surface area (TPSA) is 0 Å². The van der Waals surface area contributed by atoms with Crippen LogP contribution in [0.25, 0.3) is 0 Å². The van der Waals surface area contributed by atoms with Gasteiger partial charge in [0.05, 0.1) is 0 Å². The van der Waals surface area contributed by atoms with E-state index in [-0.39, 0.29) is 0 Å². The van der Waals surface area contributed by atoms with E-state index in [0.29, 0.717) is 0 Å². The van der Waals surface area contributed by atoms with E-state index in [2.05, 4.69) is 55.4 Å². The van der Waals surface area contributed by atoms with Gasteiger partial charge in [0, 0.05) is 0 Å². The van der Waals surface area contributed by atoms with E-state index in [9.17, 15) is 0 Å². The molecule has 0 amide bonds. The molecule has 0 aromatic carbocycles. The van der Waals surface area contributed by atoms with Crippen LogP contribution in [0.4, 0.5) is 0 Å². The first kappa shape index (κ1) is 31.2. The van der Waals surface area contributed by atoms with E-state index >= 15 is 0 Å². The fraction of sp³-hybridized carbons (Fsp3) is 1.00. The van der Waals surface area contributed by atoms with Crippen molar-refractivity contribution in [1.29, 1.82) is 0 Å². The molecule has 0 N–H and O–H groups in total. The molecule has 0 fully saturated rings. The van der Waals surface area contributed by atoms with Crippen molar-refractivity contribution in [2.24, 2.45) is 23.7 Å². The van der Waals surface area contributed by atoms with Crippen LogP contribution < -0.4 is 0 Å². The summed E-state index contributed by atoms with van der Waals surface area (Å²) in [4.78, 5) is 0. The van der Waals surface area contributed by atoms with Crippen molar-refractivity contribution in [3.63, 3.8) is 0 Å². The molecule has 0 unspecified atom stereocenters. The van der Waals surface area contributed by atoms with Crippen molar-refractivity contribution in [1.82, 2.24) is 0 Å². The smallest absolute Gasteiger partial charge is 0.0471 e. The Morgan fingerprint density at radius 2 is 0.379 bits per heavy atom. The molecule has 0 radical (unpaired) electrons. The van der Waals surface area contributed by atoms with Crippen LogP contribution >= 0.6 is 0 Å². The Balaban J connectivity index is 0. The van der Waals surface area contributed by atoms with Crippen molar-refractivity contribution in [3.05, 3.63) is 0 Å². The minimum atomic E-state index is 0.899. The molecule has 0 nitrogen and oxygen atoms in total. The van der Waals surface area contributed by atoms with Crippen molar-refractivity contribution < 1.29 is 0 Å². The predicted octanol–water partition coefficient (Wildman–Crippen LogP) is 11.2. The Morgan fingerprint density at radius 3 is 0.517 bits per heavy atom. The van der Waals surface area contributed by atoms with Gasteiger partial charge in [-0.2, -0.15) is 0 Å². The van der Waals surface area contributed by atoms with E-state index in [4.69, 9.17) is 0 Å². The first-order chi connectivity index (χ1) is 13.8. The standard InChI is InChI=1S/C15H32.C14H30/c1-14(2)12-10-8-6-5-7-9-11-13-15(3)4;1-13(2)11-9-7-5-6-8-10-12-14(3)4/h14-15H,5-13H2,1-4H3;13-14H,5-12H2,1-4H3. The zero-order chi connectivity index (χ0) is 22.3. The molecule has 178 valence electrons. The summed E-state index contributed by atoms with van der Waals surface area (Å²) in [6.45, 7) is 18.6. The normalized spacial score (nSPS) is 11.6. The number of hydrogen-bond donors (Lipinski definition) is 0. The molecular formula is C29H62. The molecule has 0 rings (SSSR count). The highest BCUT2D eigenvalue weighted by atomic mass is 14.0. The van der Waals surface area contributed by atoms with E-state index in [1.54, 1.807) is 0 Å². The van der Waals surface area contributed by atoms with Crippen molar-refractivity contribution in [2.45, 2.75) is 165 Å². The summed E-state index contributed by atoms with van der Waals surface area (Å²) in [5.41, 5.74) is 0. The van der Waals surface area contributed by atoms with Gasteiger partial charge in [-0.1, -0.05) is 165 Å². The molecule has 0 atom stereocenters. The molecule has 0 saturated heterocycles. The molecule has 0 heteroatoms. The lowest BCUT2D eigenvalue weighted by atomic mass is 10.0. The SMILES string of the molecule is CC(C)CCCCCCCCC(C)C.CC(C)CCCCCCCCCC(C)C. The van der Waals surface area contributed by atoms with Crippen LogP contribution in [0, 0.1) is 23.7 Å². The van der Waals surface area contributed by atoms with Crippen LogP contribution in [-0.4, -0.2) is 0 Å². The Kier molecular flexibility index (Phi) is 26.1. The van der Waals surface area contributed by atoms with Gasteiger partial charge in [0.2, 0.25) is 0 Å². The predicted molar refractivity (Wildman–Crippen MR) is 138 cm³/mol. The Morgan fingerprint density at radius 1 is 0.241 bits per heavy atom. The average molecular weight is 411 g/mol. The van der Waals surface area contributed by atoms with Gasteiger partial charge in [-0.05, 0) is 23.7 Å².